The zero-order valence-electron chi connectivity index (χ0n) is 15.8. The van der Waals surface area contributed by atoms with Gasteiger partial charge in [0.1, 0.15) is 0 Å². The number of carbonyl (C=O) groups is 4. The third-order valence-electron chi connectivity index (χ3n) is 3.95. The summed E-state index contributed by atoms with van der Waals surface area (Å²) < 4.78 is 10.8. The van der Waals surface area contributed by atoms with Crippen molar-refractivity contribution in [3.05, 3.63) is 58.5 Å². The molecule has 10 heteroatoms. The van der Waals surface area contributed by atoms with E-state index in [9.17, 15) is 19.2 Å². The second-order valence-electron chi connectivity index (χ2n) is 6.01. The van der Waals surface area contributed by atoms with Crippen molar-refractivity contribution in [3.8, 4) is 11.5 Å². The van der Waals surface area contributed by atoms with Crippen LogP contribution in [0.15, 0.2) is 47.4 Å². The van der Waals surface area contributed by atoms with E-state index in [2.05, 4.69) is 10.6 Å². The first-order chi connectivity index (χ1) is 14.4. The normalized spacial score (nSPS) is 14.4. The SMILES string of the molecule is COc1cc(/C=C2/SC(=O)NC2=O)ccc1OCC(=O)Nc1ccccc1C(N)=O. The summed E-state index contributed by atoms with van der Waals surface area (Å²) in [5, 5.41) is 4.32. The zero-order chi connectivity index (χ0) is 21.7. The minimum absolute atomic E-state index is 0.188. The van der Waals surface area contributed by atoms with Crippen LogP contribution >= 0.6 is 11.8 Å². The number of hydrogen-bond donors (Lipinski definition) is 3. The molecule has 0 spiro atoms. The molecule has 1 heterocycles. The summed E-state index contributed by atoms with van der Waals surface area (Å²) in [6, 6.07) is 11.2. The zero-order valence-corrected chi connectivity index (χ0v) is 16.6. The summed E-state index contributed by atoms with van der Waals surface area (Å²) in [7, 11) is 1.43. The highest BCUT2D eigenvalue weighted by molar-refractivity contribution is 8.18. The van der Waals surface area contributed by atoms with E-state index in [1.54, 1.807) is 42.5 Å². The predicted molar refractivity (Wildman–Crippen MR) is 111 cm³/mol. The number of rotatable bonds is 7. The van der Waals surface area contributed by atoms with E-state index in [4.69, 9.17) is 15.2 Å². The van der Waals surface area contributed by atoms with Crippen molar-refractivity contribution in [1.29, 1.82) is 0 Å². The van der Waals surface area contributed by atoms with Gasteiger partial charge in [-0.3, -0.25) is 24.5 Å². The van der Waals surface area contributed by atoms with Gasteiger partial charge in [-0.25, -0.2) is 0 Å². The van der Waals surface area contributed by atoms with E-state index in [0.29, 0.717) is 17.1 Å². The fourth-order valence-corrected chi connectivity index (χ4v) is 3.28. The molecular weight excluding hydrogens is 410 g/mol. The van der Waals surface area contributed by atoms with Crippen LogP contribution in [0.3, 0.4) is 0 Å². The van der Waals surface area contributed by atoms with Crippen molar-refractivity contribution in [2.24, 2.45) is 5.73 Å². The van der Waals surface area contributed by atoms with E-state index in [0.717, 1.165) is 11.8 Å². The number of nitrogens with one attached hydrogen (secondary N) is 2. The lowest BCUT2D eigenvalue weighted by atomic mass is 10.1. The lowest BCUT2D eigenvalue weighted by molar-refractivity contribution is -0.118. The van der Waals surface area contributed by atoms with E-state index in [-0.39, 0.29) is 22.8 Å². The van der Waals surface area contributed by atoms with Gasteiger partial charge < -0.3 is 20.5 Å². The van der Waals surface area contributed by atoms with Crippen LogP contribution in [0.2, 0.25) is 0 Å². The number of thioether (sulfide) groups is 1. The lowest BCUT2D eigenvalue weighted by Gasteiger charge is -2.12. The minimum atomic E-state index is -0.658. The Balaban J connectivity index is 1.68. The average Bonchev–Trinajstić information content (AvgIpc) is 3.03. The van der Waals surface area contributed by atoms with E-state index in [1.807, 2.05) is 0 Å². The molecule has 0 unspecified atom stereocenters. The van der Waals surface area contributed by atoms with Gasteiger partial charge >= 0.3 is 0 Å². The fraction of sp³-hybridized carbons (Fsp3) is 0.100. The van der Waals surface area contributed by atoms with Crippen LogP contribution in [0.4, 0.5) is 10.5 Å². The molecule has 2 aromatic carbocycles. The summed E-state index contributed by atoms with van der Waals surface area (Å²) in [5.41, 5.74) is 6.39. The number of imide groups is 1. The number of ether oxygens (including phenoxy) is 2. The second-order valence-corrected chi connectivity index (χ2v) is 7.02. The molecule has 0 saturated carbocycles. The molecular formula is C20H17N3O6S. The fourth-order valence-electron chi connectivity index (χ4n) is 2.60. The molecule has 4 N–H and O–H groups in total. The van der Waals surface area contributed by atoms with Crippen LogP contribution in [0.25, 0.3) is 6.08 Å². The Labute approximate surface area is 175 Å². The molecule has 0 aliphatic carbocycles. The molecule has 9 nitrogen and oxygen atoms in total. The van der Waals surface area contributed by atoms with Crippen LogP contribution in [-0.4, -0.2) is 36.7 Å². The maximum Gasteiger partial charge on any atom is 0.290 e. The molecule has 2 aromatic rings. The number of amides is 4. The molecule has 1 aliphatic heterocycles. The molecule has 1 aliphatic rings. The highest BCUT2D eigenvalue weighted by Crippen LogP contribution is 2.31. The first-order valence-electron chi connectivity index (χ1n) is 8.61. The van der Waals surface area contributed by atoms with Gasteiger partial charge in [-0.05, 0) is 47.7 Å². The van der Waals surface area contributed by atoms with Crippen LogP contribution in [0.5, 0.6) is 11.5 Å². The first-order valence-corrected chi connectivity index (χ1v) is 9.43. The van der Waals surface area contributed by atoms with E-state index >= 15 is 0 Å². The summed E-state index contributed by atoms with van der Waals surface area (Å²) >= 11 is 0.808. The van der Waals surface area contributed by atoms with Crippen molar-refractivity contribution < 1.29 is 28.7 Å². The third kappa shape index (κ3) is 4.97. The quantitative estimate of drug-likeness (QED) is 0.576. The molecule has 1 saturated heterocycles. The maximum atomic E-state index is 12.2. The van der Waals surface area contributed by atoms with Crippen LogP contribution in [-0.2, 0) is 9.59 Å². The first kappa shape index (κ1) is 20.9. The topological polar surface area (TPSA) is 137 Å². The number of methoxy groups -OCH3 is 1. The van der Waals surface area contributed by atoms with Crippen LogP contribution < -0.4 is 25.8 Å². The average molecular weight is 427 g/mol. The molecule has 0 radical (unpaired) electrons. The highest BCUT2D eigenvalue weighted by Gasteiger charge is 2.25. The van der Waals surface area contributed by atoms with Gasteiger partial charge in [0.25, 0.3) is 23.0 Å². The Morgan fingerprint density at radius 2 is 1.93 bits per heavy atom. The number of nitrogens with two attached hydrogens (primary N) is 1. The Bertz CT molecular complexity index is 1070. The molecule has 154 valence electrons. The molecule has 4 amide bonds. The molecule has 0 atom stereocenters. The van der Waals surface area contributed by atoms with Crippen molar-refractivity contribution in [3.63, 3.8) is 0 Å². The number of anilines is 1. The van der Waals surface area contributed by atoms with Crippen molar-refractivity contribution in [1.82, 2.24) is 5.32 Å². The number of hydrogen-bond acceptors (Lipinski definition) is 7. The van der Waals surface area contributed by atoms with Gasteiger partial charge in [0.05, 0.1) is 23.3 Å². The molecule has 0 bridgehead atoms. The van der Waals surface area contributed by atoms with Gasteiger partial charge in [-0.15, -0.1) is 0 Å². The minimum Gasteiger partial charge on any atom is -0.493 e. The van der Waals surface area contributed by atoms with Gasteiger partial charge in [-0.1, -0.05) is 18.2 Å². The summed E-state index contributed by atoms with van der Waals surface area (Å²) in [6.45, 7) is -0.337. The van der Waals surface area contributed by atoms with E-state index in [1.165, 1.54) is 13.2 Å². The van der Waals surface area contributed by atoms with Crippen LogP contribution in [0.1, 0.15) is 15.9 Å². The summed E-state index contributed by atoms with van der Waals surface area (Å²) in [6.07, 6.45) is 1.55. The number of primary amides is 1. The molecule has 1 fully saturated rings. The number of benzene rings is 2. The maximum absolute atomic E-state index is 12.2. The van der Waals surface area contributed by atoms with E-state index < -0.39 is 23.0 Å². The van der Waals surface area contributed by atoms with Crippen LogP contribution in [0, 0.1) is 0 Å². The highest BCUT2D eigenvalue weighted by atomic mass is 32.2. The third-order valence-corrected chi connectivity index (χ3v) is 4.76. The number of para-hydroxylation sites is 1. The van der Waals surface area contributed by atoms with Gasteiger partial charge in [0.2, 0.25) is 0 Å². The van der Waals surface area contributed by atoms with Gasteiger partial charge in [-0.2, -0.15) is 0 Å². The van der Waals surface area contributed by atoms with Crippen molar-refractivity contribution in [2.75, 3.05) is 19.0 Å². The molecule has 3 rings (SSSR count). The summed E-state index contributed by atoms with van der Waals surface area (Å²) in [5.74, 6) is -0.970. The standard InChI is InChI=1S/C20H17N3O6S/c1-28-15-8-11(9-16-19(26)23-20(27)30-16)6-7-14(15)29-10-17(24)22-13-5-3-2-4-12(13)18(21)25/h2-9H,10H2,1H3,(H2,21,25)(H,22,24)(H,23,26,27)/b16-9+. The molecule has 0 aromatic heterocycles. The monoisotopic (exact) mass is 427 g/mol. The Morgan fingerprint density at radius 1 is 1.17 bits per heavy atom. The smallest absolute Gasteiger partial charge is 0.290 e. The second kappa shape index (κ2) is 9.14. The summed E-state index contributed by atoms with van der Waals surface area (Å²) in [4.78, 5) is 46.8. The Morgan fingerprint density at radius 3 is 2.60 bits per heavy atom. The lowest BCUT2D eigenvalue weighted by Crippen LogP contribution is -2.23. The number of carbonyl (C=O) groups excluding carboxylic acids is 4. The van der Waals surface area contributed by atoms with Gasteiger partial charge in [0.15, 0.2) is 18.1 Å². The van der Waals surface area contributed by atoms with Crippen molar-refractivity contribution >= 4 is 46.5 Å². The Kier molecular flexibility index (Phi) is 6.38. The Hall–Kier alpha value is -3.79. The predicted octanol–water partition coefficient (Wildman–Crippen LogP) is 2.14. The van der Waals surface area contributed by atoms with Gasteiger partial charge in [0, 0.05) is 0 Å². The molecule has 30 heavy (non-hydrogen) atoms. The largest absolute Gasteiger partial charge is 0.493 e. The van der Waals surface area contributed by atoms with Crippen molar-refractivity contribution in [2.45, 2.75) is 0 Å².